The second kappa shape index (κ2) is 6.08. The van der Waals surface area contributed by atoms with Crippen molar-refractivity contribution in [1.82, 2.24) is 15.1 Å². The molecule has 6 nitrogen and oxygen atoms in total. The van der Waals surface area contributed by atoms with Crippen molar-refractivity contribution in [3.8, 4) is 0 Å². The highest BCUT2D eigenvalue weighted by atomic mass is 32.2. The maximum Gasteiger partial charge on any atom is 0.250 e. The molecule has 0 radical (unpaired) electrons. The lowest BCUT2D eigenvalue weighted by molar-refractivity contribution is -0.130. The van der Waals surface area contributed by atoms with Crippen molar-refractivity contribution in [3.05, 3.63) is 42.2 Å². The molecule has 1 aliphatic heterocycles. The molecule has 3 rings (SSSR count). The van der Waals surface area contributed by atoms with E-state index in [4.69, 9.17) is 0 Å². The molecule has 0 aliphatic carbocycles. The maximum atomic E-state index is 12.6. The molecule has 0 fully saturated rings. The predicted octanol–water partition coefficient (Wildman–Crippen LogP) is 2.02. The molecule has 1 aromatic heterocycles. The smallest absolute Gasteiger partial charge is 0.250 e. The molecule has 1 unspecified atom stereocenters. The van der Waals surface area contributed by atoms with Crippen LogP contribution in [0.25, 0.3) is 0 Å². The molecule has 2 aromatic rings. The molecule has 2 N–H and O–H groups in total. The van der Waals surface area contributed by atoms with Gasteiger partial charge >= 0.3 is 0 Å². The number of nitrogens with zero attached hydrogens (tertiary/aromatic N) is 2. The number of thioether (sulfide) groups is 1. The molecule has 2 amide bonds. The van der Waals surface area contributed by atoms with Gasteiger partial charge in [-0.2, -0.15) is 5.10 Å². The Bertz CT molecular complexity index is 758. The number of benzene rings is 1. The first-order chi connectivity index (χ1) is 11.0. The van der Waals surface area contributed by atoms with Crippen molar-refractivity contribution in [2.75, 3.05) is 5.32 Å². The van der Waals surface area contributed by atoms with Crippen LogP contribution in [-0.4, -0.2) is 26.3 Å². The third kappa shape index (κ3) is 2.84. The number of hydrogen-bond donors (Lipinski definition) is 2. The van der Waals surface area contributed by atoms with Gasteiger partial charge in [0.2, 0.25) is 11.8 Å². The van der Waals surface area contributed by atoms with Crippen LogP contribution in [0.2, 0.25) is 0 Å². The molecule has 0 bridgehead atoms. The summed E-state index contributed by atoms with van der Waals surface area (Å²) < 4.78 is 0.622. The van der Waals surface area contributed by atoms with Gasteiger partial charge in [-0.25, -0.2) is 0 Å². The van der Waals surface area contributed by atoms with Gasteiger partial charge in [-0.05, 0) is 32.0 Å². The zero-order valence-corrected chi connectivity index (χ0v) is 13.8. The summed E-state index contributed by atoms with van der Waals surface area (Å²) in [5, 5.41) is 9.83. The third-order valence-corrected chi connectivity index (χ3v) is 5.20. The van der Waals surface area contributed by atoms with E-state index in [0.29, 0.717) is 6.54 Å². The Labute approximate surface area is 138 Å². The summed E-state index contributed by atoms with van der Waals surface area (Å²) in [5.41, 5.74) is 1.66. The fraction of sp³-hybridized carbons (Fsp3) is 0.312. The van der Waals surface area contributed by atoms with Gasteiger partial charge in [-0.15, -0.1) is 0 Å². The van der Waals surface area contributed by atoms with E-state index in [-0.39, 0.29) is 11.8 Å². The van der Waals surface area contributed by atoms with Gasteiger partial charge in [-0.1, -0.05) is 23.9 Å². The fourth-order valence-corrected chi connectivity index (χ4v) is 3.57. The molecule has 1 aliphatic rings. The second-order valence-electron chi connectivity index (χ2n) is 5.41. The molecule has 1 aromatic carbocycles. The minimum atomic E-state index is -1.19. The lowest BCUT2D eigenvalue weighted by Crippen LogP contribution is -2.52. The number of hydrogen-bond acceptors (Lipinski definition) is 4. The first kappa shape index (κ1) is 15.6. The Kier molecular flexibility index (Phi) is 4.12. The Hall–Kier alpha value is -2.28. The summed E-state index contributed by atoms with van der Waals surface area (Å²) in [7, 11) is 0. The number of aromatic nitrogens is 2. The number of amides is 2. The largest absolute Gasteiger partial charge is 0.349 e. The van der Waals surface area contributed by atoms with E-state index >= 15 is 0 Å². The van der Waals surface area contributed by atoms with E-state index in [0.717, 1.165) is 22.8 Å². The van der Waals surface area contributed by atoms with Crippen LogP contribution in [0.1, 0.15) is 19.5 Å². The maximum absolute atomic E-state index is 12.6. The molecule has 120 valence electrons. The highest BCUT2D eigenvalue weighted by Crippen LogP contribution is 2.42. The van der Waals surface area contributed by atoms with Crippen LogP contribution in [0.4, 0.5) is 5.69 Å². The van der Waals surface area contributed by atoms with Gasteiger partial charge in [0.25, 0.3) is 0 Å². The average molecular weight is 330 g/mol. The van der Waals surface area contributed by atoms with Crippen LogP contribution in [0, 0.1) is 0 Å². The fourth-order valence-electron chi connectivity index (χ4n) is 2.45. The number of aryl methyl sites for hydroxylation is 1. The number of anilines is 1. The van der Waals surface area contributed by atoms with Crippen molar-refractivity contribution < 1.29 is 9.59 Å². The SMILES string of the molecule is CCn1nccc1CNC(=O)C1(C)Sc2ccccc2NC1=O. The summed E-state index contributed by atoms with van der Waals surface area (Å²) in [5.74, 6) is -0.610. The lowest BCUT2D eigenvalue weighted by atomic mass is 10.1. The summed E-state index contributed by atoms with van der Waals surface area (Å²) in [6.45, 7) is 4.71. The average Bonchev–Trinajstić information content (AvgIpc) is 3.01. The van der Waals surface area contributed by atoms with Crippen LogP contribution >= 0.6 is 11.8 Å². The van der Waals surface area contributed by atoms with Crippen LogP contribution in [0.15, 0.2) is 41.4 Å². The predicted molar refractivity (Wildman–Crippen MR) is 89.1 cm³/mol. The van der Waals surface area contributed by atoms with Crippen molar-refractivity contribution in [2.24, 2.45) is 0 Å². The van der Waals surface area contributed by atoms with E-state index < -0.39 is 4.75 Å². The molecular weight excluding hydrogens is 312 g/mol. The third-order valence-electron chi connectivity index (χ3n) is 3.85. The van der Waals surface area contributed by atoms with E-state index in [9.17, 15) is 9.59 Å². The van der Waals surface area contributed by atoms with E-state index in [2.05, 4.69) is 15.7 Å². The first-order valence-corrected chi connectivity index (χ1v) is 8.24. The number of rotatable bonds is 4. The normalized spacial score (nSPS) is 19.8. The monoisotopic (exact) mass is 330 g/mol. The quantitative estimate of drug-likeness (QED) is 0.841. The molecule has 2 heterocycles. The number of carbonyl (C=O) groups excluding carboxylic acids is 2. The zero-order chi connectivity index (χ0) is 16.4. The zero-order valence-electron chi connectivity index (χ0n) is 13.0. The van der Waals surface area contributed by atoms with E-state index in [1.54, 1.807) is 13.1 Å². The number of fused-ring (bicyclic) bond motifs is 1. The standard InChI is InChI=1S/C16H18N4O2S/c1-3-20-11(8-9-18-20)10-17-14(21)16(2)15(22)19-12-6-4-5-7-13(12)23-16/h4-9H,3,10H2,1-2H3,(H,17,21)(H,19,22). The second-order valence-corrected chi connectivity index (χ2v) is 6.87. The number of para-hydroxylation sites is 1. The molecule has 0 saturated heterocycles. The molecule has 7 heteroatoms. The van der Waals surface area contributed by atoms with Crippen LogP contribution in [0.3, 0.4) is 0 Å². The minimum absolute atomic E-state index is 0.303. The minimum Gasteiger partial charge on any atom is -0.349 e. The lowest BCUT2D eigenvalue weighted by Gasteiger charge is -2.31. The topological polar surface area (TPSA) is 76.0 Å². The summed E-state index contributed by atoms with van der Waals surface area (Å²) in [4.78, 5) is 25.9. The van der Waals surface area contributed by atoms with Gasteiger partial charge in [-0.3, -0.25) is 14.3 Å². The van der Waals surface area contributed by atoms with Gasteiger partial charge in [0.05, 0.1) is 17.9 Å². The van der Waals surface area contributed by atoms with Crippen molar-refractivity contribution in [2.45, 2.75) is 36.6 Å². The van der Waals surface area contributed by atoms with Gasteiger partial charge in [0, 0.05) is 17.6 Å². The summed E-state index contributed by atoms with van der Waals surface area (Å²) >= 11 is 1.28. The number of nitrogens with one attached hydrogen (secondary N) is 2. The van der Waals surface area contributed by atoms with E-state index in [1.165, 1.54) is 11.8 Å². The number of carbonyl (C=O) groups is 2. The summed E-state index contributed by atoms with van der Waals surface area (Å²) in [6.07, 6.45) is 1.70. The Balaban J connectivity index is 1.75. The Morgan fingerprint density at radius 3 is 2.96 bits per heavy atom. The van der Waals surface area contributed by atoms with Crippen molar-refractivity contribution in [1.29, 1.82) is 0 Å². The van der Waals surface area contributed by atoms with Crippen molar-refractivity contribution >= 4 is 29.3 Å². The van der Waals surface area contributed by atoms with Gasteiger partial charge < -0.3 is 10.6 Å². The van der Waals surface area contributed by atoms with Gasteiger partial charge in [0.1, 0.15) is 0 Å². The summed E-state index contributed by atoms with van der Waals surface area (Å²) in [6, 6.07) is 9.33. The van der Waals surface area contributed by atoms with Crippen LogP contribution in [-0.2, 0) is 22.7 Å². The van der Waals surface area contributed by atoms with Crippen molar-refractivity contribution in [3.63, 3.8) is 0 Å². The molecule has 0 saturated carbocycles. The molecular formula is C16H18N4O2S. The highest BCUT2D eigenvalue weighted by Gasteiger charge is 2.45. The van der Waals surface area contributed by atoms with Gasteiger partial charge in [0.15, 0.2) is 4.75 Å². The molecule has 0 spiro atoms. The Morgan fingerprint density at radius 1 is 1.39 bits per heavy atom. The van der Waals surface area contributed by atoms with E-state index in [1.807, 2.05) is 41.9 Å². The van der Waals surface area contributed by atoms with Crippen LogP contribution < -0.4 is 10.6 Å². The molecule has 1 atom stereocenters. The Morgan fingerprint density at radius 2 is 2.17 bits per heavy atom. The highest BCUT2D eigenvalue weighted by molar-refractivity contribution is 8.02. The van der Waals surface area contributed by atoms with Crippen LogP contribution in [0.5, 0.6) is 0 Å². The first-order valence-electron chi connectivity index (χ1n) is 7.43. The molecule has 23 heavy (non-hydrogen) atoms.